The standard InChI is InChI=1S/C25H38N6O4.C2HF3O2/c1-31-21-13-6-5-11-18(21)28-22(31)16-27-23(32)20(15-17-9-3-2-4-10-17)30-25(35)29-19(24(33)34)12-7-8-14-26;3-2(4,5)1(6)7/h5-6,11,13,17,19-20H,2-4,7-10,12,14-16,26H2,1H3,(H,27,32)(H,33,34)(H2,29,30,35);(H,6,7)/t19-,20+;/m0./s1. The number of benzene rings is 1. The number of imidazole rings is 1. The number of aromatic nitrogens is 2. The third-order valence-electron chi connectivity index (χ3n) is 7.01. The van der Waals surface area contributed by atoms with Crippen LogP contribution < -0.4 is 21.7 Å². The summed E-state index contributed by atoms with van der Waals surface area (Å²) in [7, 11) is 1.90. The van der Waals surface area contributed by atoms with Crippen LogP contribution >= 0.6 is 0 Å². The Labute approximate surface area is 241 Å². The van der Waals surface area contributed by atoms with Crippen LogP contribution in [0.4, 0.5) is 18.0 Å². The zero-order chi connectivity index (χ0) is 31.3. The summed E-state index contributed by atoms with van der Waals surface area (Å²) in [4.78, 5) is 50.9. The number of hydrogen-bond donors (Lipinski definition) is 6. The van der Waals surface area contributed by atoms with Gasteiger partial charge in [0.15, 0.2) is 0 Å². The lowest BCUT2D eigenvalue weighted by Crippen LogP contribution is -2.53. The van der Waals surface area contributed by atoms with Gasteiger partial charge in [0.1, 0.15) is 17.9 Å². The van der Waals surface area contributed by atoms with Crippen molar-refractivity contribution in [2.75, 3.05) is 6.54 Å². The number of carboxylic acids is 2. The van der Waals surface area contributed by atoms with Crippen molar-refractivity contribution in [1.82, 2.24) is 25.5 Å². The maximum Gasteiger partial charge on any atom is 0.490 e. The zero-order valence-corrected chi connectivity index (χ0v) is 23.5. The Balaban J connectivity index is 0.000000782. The molecule has 1 heterocycles. The molecule has 1 aromatic carbocycles. The first-order valence-corrected chi connectivity index (χ1v) is 13.8. The monoisotopic (exact) mass is 600 g/mol. The molecule has 0 saturated heterocycles. The lowest BCUT2D eigenvalue weighted by Gasteiger charge is -2.27. The van der Waals surface area contributed by atoms with Crippen molar-refractivity contribution in [3.8, 4) is 0 Å². The van der Waals surface area contributed by atoms with Crippen LogP contribution in [0.2, 0.25) is 0 Å². The predicted octanol–water partition coefficient (Wildman–Crippen LogP) is 3.04. The Bertz CT molecular complexity index is 1200. The molecule has 12 nitrogen and oxygen atoms in total. The normalized spacial score (nSPS) is 15.2. The lowest BCUT2D eigenvalue weighted by molar-refractivity contribution is -0.192. The predicted molar refractivity (Wildman–Crippen MR) is 147 cm³/mol. The fourth-order valence-electron chi connectivity index (χ4n) is 4.74. The molecule has 1 aromatic heterocycles. The minimum absolute atomic E-state index is 0.227. The number of unbranched alkanes of at least 4 members (excludes halogenated alkanes) is 1. The first kappa shape index (κ1) is 34.3. The molecule has 0 bridgehead atoms. The molecule has 0 aliphatic heterocycles. The summed E-state index contributed by atoms with van der Waals surface area (Å²) in [5.74, 6) is -3.10. The average molecular weight is 601 g/mol. The summed E-state index contributed by atoms with van der Waals surface area (Å²) >= 11 is 0. The Morgan fingerprint density at radius 2 is 1.67 bits per heavy atom. The number of hydrogen-bond acceptors (Lipinski definition) is 6. The maximum atomic E-state index is 13.2. The molecule has 2 aromatic rings. The van der Waals surface area contributed by atoms with E-state index in [9.17, 15) is 32.7 Å². The zero-order valence-electron chi connectivity index (χ0n) is 23.5. The van der Waals surface area contributed by atoms with Gasteiger partial charge in [-0.05, 0) is 50.3 Å². The van der Waals surface area contributed by atoms with Gasteiger partial charge in [-0.2, -0.15) is 13.2 Å². The fourth-order valence-corrected chi connectivity index (χ4v) is 4.74. The third kappa shape index (κ3) is 11.2. The Morgan fingerprint density at radius 1 is 1.05 bits per heavy atom. The number of rotatable bonds is 12. The number of alkyl halides is 3. The quantitative estimate of drug-likeness (QED) is 0.200. The van der Waals surface area contributed by atoms with Crippen LogP contribution in [-0.4, -0.2) is 68.4 Å². The minimum atomic E-state index is -5.08. The number of aliphatic carboxylic acids is 2. The Kier molecular flexibility index (Phi) is 13.5. The first-order valence-electron chi connectivity index (χ1n) is 13.8. The number of para-hydroxylation sites is 2. The second-order valence-corrected chi connectivity index (χ2v) is 10.2. The average Bonchev–Trinajstić information content (AvgIpc) is 3.26. The van der Waals surface area contributed by atoms with E-state index in [-0.39, 0.29) is 18.9 Å². The van der Waals surface area contributed by atoms with Crippen molar-refractivity contribution in [2.24, 2.45) is 18.7 Å². The molecule has 7 N–H and O–H groups in total. The second-order valence-electron chi connectivity index (χ2n) is 10.2. The van der Waals surface area contributed by atoms with Gasteiger partial charge in [-0.15, -0.1) is 0 Å². The third-order valence-corrected chi connectivity index (χ3v) is 7.01. The van der Waals surface area contributed by atoms with Crippen molar-refractivity contribution in [3.05, 3.63) is 30.1 Å². The molecule has 1 aliphatic carbocycles. The molecule has 15 heteroatoms. The number of nitrogens with one attached hydrogen (secondary N) is 3. The molecule has 42 heavy (non-hydrogen) atoms. The van der Waals surface area contributed by atoms with Gasteiger partial charge in [0.2, 0.25) is 5.91 Å². The van der Waals surface area contributed by atoms with Crippen molar-refractivity contribution >= 4 is 34.9 Å². The molecular formula is C27H39F3N6O6. The van der Waals surface area contributed by atoms with E-state index in [4.69, 9.17) is 15.6 Å². The molecule has 0 radical (unpaired) electrons. The number of carbonyl (C=O) groups excluding carboxylic acids is 2. The van der Waals surface area contributed by atoms with Gasteiger partial charge < -0.3 is 36.5 Å². The van der Waals surface area contributed by atoms with E-state index < -0.39 is 36.2 Å². The highest BCUT2D eigenvalue weighted by atomic mass is 19.4. The second kappa shape index (κ2) is 16.5. The summed E-state index contributed by atoms with van der Waals surface area (Å²) in [6.45, 7) is 0.694. The summed E-state index contributed by atoms with van der Waals surface area (Å²) < 4.78 is 33.7. The Hall–Kier alpha value is -3.88. The molecule has 1 saturated carbocycles. The van der Waals surface area contributed by atoms with Crippen LogP contribution in [0.15, 0.2) is 24.3 Å². The molecule has 0 spiro atoms. The summed E-state index contributed by atoms with van der Waals surface area (Å²) in [6.07, 6.45) is 2.47. The molecule has 1 fully saturated rings. The summed E-state index contributed by atoms with van der Waals surface area (Å²) in [6, 6.07) is 5.31. The van der Waals surface area contributed by atoms with E-state index >= 15 is 0 Å². The number of urea groups is 1. The summed E-state index contributed by atoms with van der Waals surface area (Å²) in [5, 5.41) is 24.8. The maximum absolute atomic E-state index is 13.2. The number of carbonyl (C=O) groups is 4. The van der Waals surface area contributed by atoms with Gasteiger partial charge >= 0.3 is 24.1 Å². The van der Waals surface area contributed by atoms with Crippen molar-refractivity contribution < 1.29 is 42.6 Å². The van der Waals surface area contributed by atoms with Crippen molar-refractivity contribution in [1.29, 1.82) is 0 Å². The number of amides is 3. The topological polar surface area (TPSA) is 189 Å². The number of nitrogens with zero attached hydrogens (tertiary/aromatic N) is 2. The largest absolute Gasteiger partial charge is 0.490 e. The highest BCUT2D eigenvalue weighted by Crippen LogP contribution is 2.27. The molecular weight excluding hydrogens is 561 g/mol. The van der Waals surface area contributed by atoms with Crippen LogP contribution in [0, 0.1) is 5.92 Å². The number of fused-ring (bicyclic) bond motifs is 1. The van der Waals surface area contributed by atoms with E-state index in [1.807, 2.05) is 35.9 Å². The molecule has 0 unspecified atom stereocenters. The van der Waals surface area contributed by atoms with Gasteiger partial charge in [0, 0.05) is 7.05 Å². The van der Waals surface area contributed by atoms with Crippen molar-refractivity contribution in [3.63, 3.8) is 0 Å². The van der Waals surface area contributed by atoms with Gasteiger partial charge in [-0.1, -0.05) is 44.2 Å². The SMILES string of the molecule is Cn1c(CNC(=O)[C@@H](CC2CCCCC2)NC(=O)N[C@@H](CCCCN)C(=O)O)nc2ccccc21.O=C(O)C(F)(F)F. The Morgan fingerprint density at radius 3 is 2.24 bits per heavy atom. The summed E-state index contributed by atoms with van der Waals surface area (Å²) in [5.41, 5.74) is 7.31. The van der Waals surface area contributed by atoms with E-state index in [0.29, 0.717) is 37.5 Å². The van der Waals surface area contributed by atoms with Crippen LogP contribution in [0.5, 0.6) is 0 Å². The number of aryl methyl sites for hydroxylation is 1. The highest BCUT2D eigenvalue weighted by Gasteiger charge is 2.38. The van der Waals surface area contributed by atoms with E-state index in [0.717, 1.165) is 36.7 Å². The van der Waals surface area contributed by atoms with E-state index in [1.165, 1.54) is 6.42 Å². The fraction of sp³-hybridized carbons (Fsp3) is 0.593. The van der Waals surface area contributed by atoms with Gasteiger partial charge in [-0.25, -0.2) is 19.4 Å². The minimum Gasteiger partial charge on any atom is -0.480 e. The highest BCUT2D eigenvalue weighted by molar-refractivity contribution is 5.88. The van der Waals surface area contributed by atoms with E-state index in [1.54, 1.807) is 0 Å². The number of halogens is 3. The van der Waals surface area contributed by atoms with Crippen LogP contribution in [-0.2, 0) is 28.0 Å². The lowest BCUT2D eigenvalue weighted by atomic mass is 9.84. The van der Waals surface area contributed by atoms with Crippen molar-refractivity contribution in [2.45, 2.75) is 82.6 Å². The molecule has 1 aliphatic rings. The first-order chi connectivity index (χ1) is 19.8. The van der Waals surface area contributed by atoms with Gasteiger partial charge in [-0.3, -0.25) is 4.79 Å². The number of carboxylic acid groups (broad SMARTS) is 2. The molecule has 2 atom stereocenters. The molecule has 3 amide bonds. The van der Waals surface area contributed by atoms with Gasteiger partial charge in [0.05, 0.1) is 17.6 Å². The van der Waals surface area contributed by atoms with Gasteiger partial charge in [0.25, 0.3) is 0 Å². The van der Waals surface area contributed by atoms with Crippen LogP contribution in [0.3, 0.4) is 0 Å². The molecule has 234 valence electrons. The number of nitrogens with two attached hydrogens (primary N) is 1. The molecule has 3 rings (SSSR count). The van der Waals surface area contributed by atoms with E-state index in [2.05, 4.69) is 20.9 Å². The smallest absolute Gasteiger partial charge is 0.480 e. The van der Waals surface area contributed by atoms with Crippen LogP contribution in [0.25, 0.3) is 11.0 Å². The van der Waals surface area contributed by atoms with Crippen LogP contribution in [0.1, 0.15) is 63.6 Å².